The first kappa shape index (κ1) is 16.2. The Balaban J connectivity index is 1.68. The predicted octanol–water partition coefficient (Wildman–Crippen LogP) is 6.87. The topological polar surface area (TPSA) is 31.6 Å². The predicted molar refractivity (Wildman–Crippen MR) is 117 cm³/mol. The summed E-state index contributed by atoms with van der Waals surface area (Å²) in [6.45, 7) is 7.25. The molecule has 2 heteroatoms. The highest BCUT2D eigenvalue weighted by molar-refractivity contribution is 5.89. The summed E-state index contributed by atoms with van der Waals surface area (Å²) in [7, 11) is 0. The number of benzene rings is 2. The maximum atomic E-state index is 3.84. The van der Waals surface area contributed by atoms with Gasteiger partial charge in [-0.25, -0.2) is 0 Å². The zero-order valence-electron chi connectivity index (χ0n) is 16.7. The van der Waals surface area contributed by atoms with Crippen LogP contribution in [0.1, 0.15) is 55.8 Å². The van der Waals surface area contributed by atoms with E-state index >= 15 is 0 Å². The Morgan fingerprint density at radius 2 is 1.64 bits per heavy atom. The van der Waals surface area contributed by atoms with E-state index in [1.807, 2.05) is 0 Å². The smallest absolute Gasteiger partial charge is 0.0459 e. The van der Waals surface area contributed by atoms with Gasteiger partial charge in [0, 0.05) is 45.5 Å². The minimum Gasteiger partial charge on any atom is -0.361 e. The average molecular weight is 367 g/mol. The van der Waals surface area contributed by atoms with E-state index in [4.69, 9.17) is 0 Å². The van der Waals surface area contributed by atoms with Crippen LogP contribution in [0.3, 0.4) is 0 Å². The number of H-pyrrole nitrogens is 2. The molecule has 4 aromatic rings. The number of rotatable bonds is 1. The zero-order valence-corrected chi connectivity index (χ0v) is 16.7. The van der Waals surface area contributed by atoms with Gasteiger partial charge in [0.2, 0.25) is 0 Å². The average Bonchev–Trinajstić information content (AvgIpc) is 3.32. The lowest BCUT2D eigenvalue weighted by Crippen LogP contribution is -2.33. The number of hydrogen-bond acceptors (Lipinski definition) is 0. The number of para-hydroxylation sites is 2. The van der Waals surface area contributed by atoms with Crippen LogP contribution in [-0.4, -0.2) is 9.97 Å². The van der Waals surface area contributed by atoms with Gasteiger partial charge in [-0.2, -0.15) is 0 Å². The number of hydrogen-bond donors (Lipinski definition) is 2. The minimum atomic E-state index is 0.257. The van der Waals surface area contributed by atoms with Crippen LogP contribution in [0.4, 0.5) is 0 Å². The van der Waals surface area contributed by atoms with Crippen molar-refractivity contribution in [3.8, 4) is 0 Å². The molecule has 0 aliphatic heterocycles. The fourth-order valence-electron chi connectivity index (χ4n) is 6.38. The number of aromatic amines is 2. The van der Waals surface area contributed by atoms with Crippen molar-refractivity contribution in [1.29, 1.82) is 0 Å². The quantitative estimate of drug-likeness (QED) is 0.344. The zero-order chi connectivity index (χ0) is 19.0. The first-order valence-electron chi connectivity index (χ1n) is 10.4. The maximum Gasteiger partial charge on any atom is 0.0459 e. The Kier molecular flexibility index (Phi) is 3.14. The molecule has 0 fully saturated rings. The molecule has 3 atom stereocenters. The van der Waals surface area contributed by atoms with E-state index in [9.17, 15) is 0 Å². The van der Waals surface area contributed by atoms with Crippen molar-refractivity contribution in [2.45, 2.75) is 39.0 Å². The van der Waals surface area contributed by atoms with Crippen LogP contribution >= 0.6 is 0 Å². The molecule has 2 aliphatic carbocycles. The van der Waals surface area contributed by atoms with Crippen molar-refractivity contribution in [2.75, 3.05) is 0 Å². The Bertz CT molecular complexity index is 1250. The minimum absolute atomic E-state index is 0.257. The van der Waals surface area contributed by atoms with E-state index < -0.39 is 0 Å². The molecule has 6 rings (SSSR count). The molecule has 2 aliphatic rings. The lowest BCUT2D eigenvalue weighted by Gasteiger charge is -2.43. The van der Waals surface area contributed by atoms with Gasteiger partial charge < -0.3 is 9.97 Å². The summed E-state index contributed by atoms with van der Waals surface area (Å²) in [6.07, 6.45) is 5.99. The molecule has 140 valence electrons. The van der Waals surface area contributed by atoms with Gasteiger partial charge >= 0.3 is 0 Å². The molecule has 28 heavy (non-hydrogen) atoms. The molecule has 0 spiro atoms. The summed E-state index contributed by atoms with van der Waals surface area (Å²) in [5.41, 5.74) is 8.69. The van der Waals surface area contributed by atoms with E-state index in [0.29, 0.717) is 17.8 Å². The van der Waals surface area contributed by atoms with Crippen LogP contribution in [0.15, 0.2) is 66.4 Å². The van der Waals surface area contributed by atoms with E-state index in [-0.39, 0.29) is 5.41 Å². The van der Waals surface area contributed by atoms with Crippen LogP contribution in [0.5, 0.6) is 0 Å². The van der Waals surface area contributed by atoms with Crippen LogP contribution in [0.2, 0.25) is 0 Å². The first-order valence-corrected chi connectivity index (χ1v) is 10.4. The van der Waals surface area contributed by atoms with Crippen molar-refractivity contribution in [2.24, 2.45) is 11.3 Å². The van der Waals surface area contributed by atoms with Gasteiger partial charge in [0.15, 0.2) is 0 Å². The molecule has 0 bridgehead atoms. The number of nitrogens with one attached hydrogen (secondary N) is 2. The molecule has 0 amide bonds. The Morgan fingerprint density at radius 1 is 0.929 bits per heavy atom. The van der Waals surface area contributed by atoms with Gasteiger partial charge in [0.1, 0.15) is 0 Å². The second kappa shape index (κ2) is 5.41. The van der Waals surface area contributed by atoms with Gasteiger partial charge in [-0.05, 0) is 47.9 Å². The van der Waals surface area contributed by atoms with Gasteiger partial charge in [-0.15, -0.1) is 0 Å². The van der Waals surface area contributed by atoms with E-state index in [1.165, 1.54) is 50.6 Å². The van der Waals surface area contributed by atoms with E-state index in [0.717, 1.165) is 0 Å². The molecule has 2 heterocycles. The van der Waals surface area contributed by atoms with Gasteiger partial charge in [0.05, 0.1) is 0 Å². The second-order valence-electron chi connectivity index (χ2n) is 9.50. The van der Waals surface area contributed by atoms with Crippen LogP contribution in [0.25, 0.3) is 21.8 Å². The fourth-order valence-corrected chi connectivity index (χ4v) is 6.38. The van der Waals surface area contributed by atoms with Gasteiger partial charge in [0.25, 0.3) is 0 Å². The first-order chi connectivity index (χ1) is 13.5. The summed E-state index contributed by atoms with van der Waals surface area (Å²) in [4.78, 5) is 7.38. The SMILES string of the molecule is CC1=C[C@H]2c3c([nH]c4ccccc34)[C@H](c3c[nH]c4ccccc34)[C@H]2C(C)(C)C1. The van der Waals surface area contributed by atoms with Crippen molar-refractivity contribution in [3.63, 3.8) is 0 Å². The van der Waals surface area contributed by atoms with E-state index in [1.54, 1.807) is 0 Å². The summed E-state index contributed by atoms with van der Waals surface area (Å²) in [6, 6.07) is 17.6. The van der Waals surface area contributed by atoms with Gasteiger partial charge in [-0.1, -0.05) is 61.9 Å². The van der Waals surface area contributed by atoms with Crippen molar-refractivity contribution < 1.29 is 0 Å². The summed E-state index contributed by atoms with van der Waals surface area (Å²) in [5, 5.41) is 2.76. The lowest BCUT2D eigenvalue weighted by atomic mass is 9.61. The third-order valence-corrected chi connectivity index (χ3v) is 7.22. The normalized spacial score (nSPS) is 25.7. The molecule has 2 aromatic heterocycles. The Hall–Kier alpha value is -2.74. The monoisotopic (exact) mass is 366 g/mol. The summed E-state index contributed by atoms with van der Waals surface area (Å²) < 4.78 is 0. The molecule has 2 N–H and O–H groups in total. The number of fused-ring (bicyclic) bond motifs is 6. The Morgan fingerprint density at radius 3 is 2.46 bits per heavy atom. The van der Waals surface area contributed by atoms with Crippen molar-refractivity contribution in [3.05, 3.63) is 83.2 Å². The molecular formula is C26H26N2. The highest BCUT2D eigenvalue weighted by atomic mass is 14.8. The van der Waals surface area contributed by atoms with Crippen molar-refractivity contribution in [1.82, 2.24) is 9.97 Å². The standard InChI is InChI=1S/C26H26N2/c1-15-12-18-22-17-9-5-7-11-21(17)28-25(22)23(24(18)26(2,3)13-15)19-14-27-20-10-6-4-8-16(19)20/h4-12,14,18,23-24,27-28H,13H2,1-3H3/t18-,23+,24-/m0/s1. The van der Waals surface area contributed by atoms with Crippen LogP contribution in [0, 0.1) is 11.3 Å². The molecule has 0 saturated carbocycles. The largest absolute Gasteiger partial charge is 0.361 e. The number of aromatic nitrogens is 2. The summed E-state index contributed by atoms with van der Waals surface area (Å²) in [5.74, 6) is 1.44. The lowest BCUT2D eigenvalue weighted by molar-refractivity contribution is 0.173. The molecular weight excluding hydrogens is 340 g/mol. The van der Waals surface area contributed by atoms with E-state index in [2.05, 4.69) is 91.5 Å². The molecule has 0 unspecified atom stereocenters. The molecule has 0 radical (unpaired) electrons. The number of allylic oxidation sites excluding steroid dienone is 2. The van der Waals surface area contributed by atoms with Crippen LogP contribution in [-0.2, 0) is 0 Å². The third kappa shape index (κ3) is 2.03. The molecule has 0 saturated heterocycles. The summed E-state index contributed by atoms with van der Waals surface area (Å²) >= 11 is 0. The highest BCUT2D eigenvalue weighted by Crippen LogP contribution is 2.62. The van der Waals surface area contributed by atoms with Crippen molar-refractivity contribution >= 4 is 21.8 Å². The molecule has 2 aromatic carbocycles. The molecule has 2 nitrogen and oxygen atoms in total. The highest BCUT2D eigenvalue weighted by Gasteiger charge is 2.51. The van der Waals surface area contributed by atoms with Crippen LogP contribution < -0.4 is 0 Å². The maximum absolute atomic E-state index is 3.84. The second-order valence-corrected chi connectivity index (χ2v) is 9.50. The fraction of sp³-hybridized carbons (Fsp3) is 0.308. The van der Waals surface area contributed by atoms with Gasteiger partial charge in [-0.3, -0.25) is 0 Å². The third-order valence-electron chi connectivity index (χ3n) is 7.22. The Labute approximate surface area is 165 Å².